The molecule has 0 bridgehead atoms. The highest BCUT2D eigenvalue weighted by molar-refractivity contribution is 5.99. The lowest BCUT2D eigenvalue weighted by Crippen LogP contribution is -2.26. The van der Waals surface area contributed by atoms with Crippen molar-refractivity contribution < 1.29 is 9.59 Å². The number of benzene rings is 1. The lowest BCUT2D eigenvalue weighted by molar-refractivity contribution is -0.130. The number of fused-ring (bicyclic) bond motifs is 1. The minimum atomic E-state index is 0.0273. The largest absolute Gasteiger partial charge is 0.341 e. The minimum absolute atomic E-state index is 0.0273. The summed E-state index contributed by atoms with van der Waals surface area (Å²) >= 11 is 0. The third-order valence-electron chi connectivity index (χ3n) is 3.24. The number of amides is 2. The van der Waals surface area contributed by atoms with E-state index >= 15 is 0 Å². The summed E-state index contributed by atoms with van der Waals surface area (Å²) in [7, 11) is 1.79. The van der Waals surface area contributed by atoms with Crippen molar-refractivity contribution in [2.24, 2.45) is 5.73 Å². The van der Waals surface area contributed by atoms with Gasteiger partial charge in [-0.05, 0) is 30.2 Å². The Morgan fingerprint density at radius 2 is 2.26 bits per heavy atom. The number of hydrogen-bond donors (Lipinski definition) is 2. The Morgan fingerprint density at radius 3 is 3.00 bits per heavy atom. The zero-order chi connectivity index (χ0) is 13.8. The summed E-state index contributed by atoms with van der Waals surface area (Å²) in [5.74, 6) is 0.125. The highest BCUT2D eigenvalue weighted by atomic mass is 16.2. The molecule has 1 aromatic rings. The van der Waals surface area contributed by atoms with E-state index in [0.29, 0.717) is 32.4 Å². The molecule has 5 nitrogen and oxygen atoms in total. The Morgan fingerprint density at radius 1 is 1.47 bits per heavy atom. The molecule has 1 aliphatic heterocycles. The first-order valence-electron chi connectivity index (χ1n) is 6.46. The van der Waals surface area contributed by atoms with Gasteiger partial charge in [0.05, 0.1) is 6.42 Å². The van der Waals surface area contributed by atoms with Crippen LogP contribution in [0.2, 0.25) is 0 Å². The number of carbonyl (C=O) groups is 2. The Labute approximate surface area is 112 Å². The van der Waals surface area contributed by atoms with E-state index in [1.807, 2.05) is 18.2 Å². The molecule has 0 atom stereocenters. The van der Waals surface area contributed by atoms with Crippen molar-refractivity contribution in [3.05, 3.63) is 29.3 Å². The van der Waals surface area contributed by atoms with Gasteiger partial charge in [0, 0.05) is 25.7 Å². The van der Waals surface area contributed by atoms with E-state index < -0.39 is 0 Å². The molecule has 0 aromatic heterocycles. The molecule has 0 unspecified atom stereocenters. The normalized spacial score (nSPS) is 13.1. The van der Waals surface area contributed by atoms with Crippen molar-refractivity contribution >= 4 is 17.5 Å². The van der Waals surface area contributed by atoms with E-state index in [1.54, 1.807) is 11.9 Å². The maximum atomic E-state index is 11.8. The number of hydrogen-bond acceptors (Lipinski definition) is 3. The summed E-state index contributed by atoms with van der Waals surface area (Å²) in [6.07, 6.45) is 1.62. The van der Waals surface area contributed by atoms with Crippen molar-refractivity contribution in [2.75, 3.05) is 18.9 Å². The molecule has 0 saturated carbocycles. The number of nitrogens with two attached hydrogens (primary N) is 1. The average Bonchev–Trinajstić information content (AvgIpc) is 2.75. The quantitative estimate of drug-likeness (QED) is 0.826. The van der Waals surface area contributed by atoms with Gasteiger partial charge in [-0.1, -0.05) is 12.1 Å². The monoisotopic (exact) mass is 261 g/mol. The maximum absolute atomic E-state index is 11.8. The van der Waals surface area contributed by atoms with Crippen LogP contribution in [0.1, 0.15) is 24.0 Å². The van der Waals surface area contributed by atoms with E-state index in [4.69, 9.17) is 5.73 Å². The molecular formula is C14H19N3O2. The van der Waals surface area contributed by atoms with Crippen LogP contribution in [0.3, 0.4) is 0 Å². The van der Waals surface area contributed by atoms with Gasteiger partial charge in [-0.2, -0.15) is 0 Å². The van der Waals surface area contributed by atoms with E-state index in [9.17, 15) is 9.59 Å². The SMILES string of the molecule is CN(Cc1ccc2c(c1)CC(=O)N2)C(=O)CCCN. The smallest absolute Gasteiger partial charge is 0.228 e. The maximum Gasteiger partial charge on any atom is 0.228 e. The standard InChI is InChI=1S/C14H19N3O2/c1-17(14(19)3-2-6-15)9-10-4-5-12-11(7-10)8-13(18)16-12/h4-5,7H,2-3,6,8-9,15H2,1H3,(H,16,18). The van der Waals surface area contributed by atoms with Gasteiger partial charge in [-0.15, -0.1) is 0 Å². The highest BCUT2D eigenvalue weighted by Gasteiger charge is 2.18. The van der Waals surface area contributed by atoms with E-state index in [2.05, 4.69) is 5.32 Å². The molecule has 1 heterocycles. The van der Waals surface area contributed by atoms with Crippen molar-refractivity contribution in [3.63, 3.8) is 0 Å². The van der Waals surface area contributed by atoms with Crippen LogP contribution in [-0.4, -0.2) is 30.3 Å². The summed E-state index contributed by atoms with van der Waals surface area (Å²) in [6.45, 7) is 1.09. The minimum Gasteiger partial charge on any atom is -0.341 e. The molecule has 0 saturated heterocycles. The van der Waals surface area contributed by atoms with Gasteiger partial charge in [0.1, 0.15) is 0 Å². The molecule has 5 heteroatoms. The van der Waals surface area contributed by atoms with E-state index in [1.165, 1.54) is 0 Å². The van der Waals surface area contributed by atoms with Crippen molar-refractivity contribution in [3.8, 4) is 0 Å². The molecule has 2 rings (SSSR count). The van der Waals surface area contributed by atoms with E-state index in [0.717, 1.165) is 16.8 Å². The fourth-order valence-corrected chi connectivity index (χ4v) is 2.19. The molecule has 0 fully saturated rings. The van der Waals surface area contributed by atoms with Gasteiger partial charge in [-0.25, -0.2) is 0 Å². The topological polar surface area (TPSA) is 75.4 Å². The van der Waals surface area contributed by atoms with Crippen LogP contribution in [-0.2, 0) is 22.6 Å². The van der Waals surface area contributed by atoms with Gasteiger partial charge in [0.2, 0.25) is 11.8 Å². The van der Waals surface area contributed by atoms with Crippen LogP contribution in [0.5, 0.6) is 0 Å². The Kier molecular flexibility index (Phi) is 4.16. The molecule has 19 heavy (non-hydrogen) atoms. The first-order valence-corrected chi connectivity index (χ1v) is 6.46. The Balaban J connectivity index is 1.98. The summed E-state index contributed by atoms with van der Waals surface area (Å²) in [5, 5.41) is 2.80. The second-order valence-electron chi connectivity index (χ2n) is 4.86. The number of carbonyl (C=O) groups excluding carboxylic acids is 2. The number of rotatable bonds is 5. The second-order valence-corrected chi connectivity index (χ2v) is 4.86. The average molecular weight is 261 g/mol. The zero-order valence-electron chi connectivity index (χ0n) is 11.1. The fourth-order valence-electron chi connectivity index (χ4n) is 2.19. The van der Waals surface area contributed by atoms with Gasteiger partial charge in [0.15, 0.2) is 0 Å². The lowest BCUT2D eigenvalue weighted by Gasteiger charge is -2.17. The van der Waals surface area contributed by atoms with Gasteiger partial charge in [0.25, 0.3) is 0 Å². The molecule has 3 N–H and O–H groups in total. The Bertz CT molecular complexity index is 499. The van der Waals surface area contributed by atoms with Crippen LogP contribution >= 0.6 is 0 Å². The third kappa shape index (κ3) is 3.32. The first-order chi connectivity index (χ1) is 9.10. The highest BCUT2D eigenvalue weighted by Crippen LogP contribution is 2.24. The first kappa shape index (κ1) is 13.5. The van der Waals surface area contributed by atoms with E-state index in [-0.39, 0.29) is 11.8 Å². The molecule has 102 valence electrons. The molecule has 1 aromatic carbocycles. The number of anilines is 1. The predicted molar refractivity (Wildman–Crippen MR) is 73.5 cm³/mol. The van der Waals surface area contributed by atoms with Crippen LogP contribution in [0.25, 0.3) is 0 Å². The molecule has 1 aliphatic rings. The van der Waals surface area contributed by atoms with Gasteiger partial charge in [-0.3, -0.25) is 9.59 Å². The molecule has 0 spiro atoms. The number of nitrogens with one attached hydrogen (secondary N) is 1. The lowest BCUT2D eigenvalue weighted by atomic mass is 10.1. The van der Waals surface area contributed by atoms with Crippen molar-refractivity contribution in [2.45, 2.75) is 25.8 Å². The summed E-state index contributed by atoms with van der Waals surface area (Å²) in [6, 6.07) is 5.82. The van der Waals surface area contributed by atoms with Crippen LogP contribution < -0.4 is 11.1 Å². The molecule has 0 aliphatic carbocycles. The molecule has 0 radical (unpaired) electrons. The van der Waals surface area contributed by atoms with Crippen LogP contribution in [0.15, 0.2) is 18.2 Å². The second kappa shape index (κ2) is 5.84. The molecule has 2 amide bonds. The zero-order valence-corrected chi connectivity index (χ0v) is 11.1. The Hall–Kier alpha value is -1.88. The van der Waals surface area contributed by atoms with Gasteiger partial charge < -0.3 is 16.0 Å². The fraction of sp³-hybridized carbons (Fsp3) is 0.429. The molecular weight excluding hydrogens is 242 g/mol. The summed E-state index contributed by atoms with van der Waals surface area (Å²) in [5.41, 5.74) is 8.32. The number of nitrogens with zero attached hydrogens (tertiary/aromatic N) is 1. The van der Waals surface area contributed by atoms with Crippen LogP contribution in [0.4, 0.5) is 5.69 Å². The van der Waals surface area contributed by atoms with Gasteiger partial charge >= 0.3 is 0 Å². The van der Waals surface area contributed by atoms with Crippen LogP contribution in [0, 0.1) is 0 Å². The summed E-state index contributed by atoms with van der Waals surface area (Å²) < 4.78 is 0. The van der Waals surface area contributed by atoms with Crippen molar-refractivity contribution in [1.82, 2.24) is 4.90 Å². The summed E-state index contributed by atoms with van der Waals surface area (Å²) in [4.78, 5) is 24.8. The predicted octanol–water partition coefficient (Wildman–Crippen LogP) is 0.879. The van der Waals surface area contributed by atoms with Crippen molar-refractivity contribution in [1.29, 1.82) is 0 Å². The third-order valence-corrected chi connectivity index (χ3v) is 3.24.